The molecular weight excluding hydrogens is 648 g/mol. The number of carbonyl (C=O) groups excluding carboxylic acids is 1. The van der Waals surface area contributed by atoms with Gasteiger partial charge in [0, 0.05) is 43.6 Å². The third-order valence-corrected chi connectivity index (χ3v) is 10.7. The summed E-state index contributed by atoms with van der Waals surface area (Å²) in [7, 11) is -4.52. The van der Waals surface area contributed by atoms with Crippen molar-refractivity contribution in [1.29, 1.82) is 0 Å². The molecule has 4 aromatic rings. The molecule has 1 saturated heterocycles. The van der Waals surface area contributed by atoms with Crippen LogP contribution in [0.4, 0.5) is 31.5 Å². The molecular formula is C32H33F2N7O6S. The molecule has 2 fully saturated rings. The first kappa shape index (κ1) is 31.8. The second kappa shape index (κ2) is 12.0. The summed E-state index contributed by atoms with van der Waals surface area (Å²) in [4.78, 5) is 35.8. The van der Waals surface area contributed by atoms with Crippen LogP contribution in [0.1, 0.15) is 36.0 Å². The predicted octanol–water partition coefficient (Wildman–Crippen LogP) is 5.04. The Morgan fingerprint density at radius 3 is 2.58 bits per heavy atom. The first-order valence-corrected chi connectivity index (χ1v) is 17.1. The number of H-pyrrole nitrogens is 1. The minimum Gasteiger partial charge on any atom is -0.474 e. The van der Waals surface area contributed by atoms with Gasteiger partial charge in [0.15, 0.2) is 0 Å². The van der Waals surface area contributed by atoms with Crippen LogP contribution in [0.25, 0.3) is 11.0 Å². The van der Waals surface area contributed by atoms with E-state index in [1.165, 1.54) is 18.2 Å². The highest BCUT2D eigenvalue weighted by molar-refractivity contribution is 7.90. The van der Waals surface area contributed by atoms with Gasteiger partial charge in [-0.1, -0.05) is 12.1 Å². The number of nitro groups is 1. The van der Waals surface area contributed by atoms with Gasteiger partial charge >= 0.3 is 0 Å². The number of carbonyl (C=O) groups is 1. The number of fused-ring (bicyclic) bond motifs is 2. The van der Waals surface area contributed by atoms with Crippen LogP contribution in [0.15, 0.2) is 65.7 Å². The van der Waals surface area contributed by atoms with Crippen molar-refractivity contribution in [2.75, 3.05) is 49.5 Å². The second-order valence-electron chi connectivity index (χ2n) is 12.6. The average Bonchev–Trinajstić information content (AvgIpc) is 3.50. The molecule has 3 N–H and O–H groups in total. The number of piperidine rings is 1. The van der Waals surface area contributed by atoms with Crippen molar-refractivity contribution >= 4 is 49.7 Å². The largest absolute Gasteiger partial charge is 0.474 e. The van der Waals surface area contributed by atoms with Gasteiger partial charge < -0.3 is 24.8 Å². The Bertz CT molecular complexity index is 2000. The molecule has 0 atom stereocenters. The van der Waals surface area contributed by atoms with Gasteiger partial charge in [0.2, 0.25) is 11.8 Å². The summed E-state index contributed by atoms with van der Waals surface area (Å²) in [6.45, 7) is 2.87. The molecule has 0 bridgehead atoms. The number of amides is 1. The van der Waals surface area contributed by atoms with Crippen LogP contribution in [0.5, 0.6) is 5.88 Å². The fraction of sp³-hybridized carbons (Fsp3) is 0.375. The standard InChI is InChI=1S/C32H33F2N7O6S/c33-32(34)19-31(20-32)8-12-39(13-9-31)14-11-35-24-6-5-22(18-26(24)41(43)44)48(45,46)38-29(42)23-3-1-2-4-25(23)40-15-16-47-30-27(40)17-21-7-10-36-28(21)37-30/h1-7,10,17-18,35H,8-9,11-16,19-20H2,(H,36,37)(H,38,42). The van der Waals surface area contributed by atoms with Crippen LogP contribution in [-0.4, -0.2) is 79.4 Å². The number of aromatic nitrogens is 2. The van der Waals surface area contributed by atoms with Crippen LogP contribution in [0, 0.1) is 15.5 Å². The van der Waals surface area contributed by atoms with E-state index in [-0.39, 0.29) is 36.1 Å². The Kier molecular flexibility index (Phi) is 7.94. The minimum absolute atomic E-state index is 0.0574. The van der Waals surface area contributed by atoms with Crippen molar-refractivity contribution in [1.82, 2.24) is 19.6 Å². The molecule has 0 unspecified atom stereocenters. The highest BCUT2D eigenvalue weighted by Gasteiger charge is 2.56. The van der Waals surface area contributed by atoms with E-state index >= 15 is 0 Å². The Morgan fingerprint density at radius 1 is 1.06 bits per heavy atom. The van der Waals surface area contributed by atoms with Crippen molar-refractivity contribution in [3.63, 3.8) is 0 Å². The number of hydrogen-bond donors (Lipinski definition) is 3. The lowest BCUT2D eigenvalue weighted by Crippen LogP contribution is -2.52. The number of sulfonamides is 1. The number of rotatable bonds is 9. The average molecular weight is 682 g/mol. The Labute approximate surface area is 274 Å². The summed E-state index contributed by atoms with van der Waals surface area (Å²) in [5, 5.41) is 15.8. The predicted molar refractivity (Wildman–Crippen MR) is 174 cm³/mol. The highest BCUT2D eigenvalue weighted by Crippen LogP contribution is 2.57. The second-order valence-corrected chi connectivity index (χ2v) is 14.3. The summed E-state index contributed by atoms with van der Waals surface area (Å²) in [5.41, 5.74) is 1.15. The molecule has 4 heterocycles. The number of nitro benzene ring substituents is 1. The molecule has 13 nitrogen and oxygen atoms in total. The Morgan fingerprint density at radius 2 is 1.83 bits per heavy atom. The zero-order valence-corrected chi connectivity index (χ0v) is 26.6. The molecule has 2 aliphatic heterocycles. The fourth-order valence-electron chi connectivity index (χ4n) is 6.97. The molecule has 252 valence electrons. The number of nitrogens with zero attached hydrogens (tertiary/aromatic N) is 4. The zero-order valence-electron chi connectivity index (χ0n) is 25.7. The lowest BCUT2D eigenvalue weighted by atomic mass is 9.61. The molecule has 1 saturated carbocycles. The van der Waals surface area contributed by atoms with Crippen molar-refractivity contribution in [2.24, 2.45) is 5.41 Å². The first-order chi connectivity index (χ1) is 22.9. The third kappa shape index (κ3) is 6.12. The summed E-state index contributed by atoms with van der Waals surface area (Å²) in [6.07, 6.45) is 3.02. The van der Waals surface area contributed by atoms with Gasteiger partial charge in [0.1, 0.15) is 23.6 Å². The van der Waals surface area contributed by atoms with Crippen LogP contribution in [0.2, 0.25) is 0 Å². The van der Waals surface area contributed by atoms with E-state index in [0.29, 0.717) is 68.5 Å². The van der Waals surface area contributed by atoms with Gasteiger partial charge in [-0.3, -0.25) is 14.9 Å². The van der Waals surface area contributed by atoms with Crippen molar-refractivity contribution in [3.8, 4) is 5.88 Å². The molecule has 0 radical (unpaired) electrons. The Balaban J connectivity index is 1.03. The van der Waals surface area contributed by atoms with Gasteiger partial charge in [-0.05, 0) is 67.7 Å². The van der Waals surface area contributed by atoms with Gasteiger partial charge in [-0.25, -0.2) is 21.9 Å². The van der Waals surface area contributed by atoms with E-state index in [0.717, 1.165) is 11.5 Å². The van der Waals surface area contributed by atoms with Crippen LogP contribution >= 0.6 is 0 Å². The molecule has 3 aliphatic rings. The van der Waals surface area contributed by atoms with Crippen LogP contribution in [0.3, 0.4) is 0 Å². The molecule has 48 heavy (non-hydrogen) atoms. The number of benzene rings is 2. The number of aromatic amines is 1. The zero-order chi connectivity index (χ0) is 33.7. The first-order valence-electron chi connectivity index (χ1n) is 15.6. The summed E-state index contributed by atoms with van der Waals surface area (Å²) in [5.74, 6) is -3.10. The summed E-state index contributed by atoms with van der Waals surface area (Å²) >= 11 is 0. The number of likely N-dealkylation sites (tertiary alicyclic amines) is 1. The maximum Gasteiger partial charge on any atom is 0.293 e. The lowest BCUT2D eigenvalue weighted by molar-refractivity contribution is -0.384. The molecule has 7 rings (SSSR count). The topological polar surface area (TPSA) is 163 Å². The SMILES string of the molecule is O=C(NS(=O)(=O)c1ccc(NCCN2CCC3(CC2)CC(F)(F)C3)c([N+](=O)[O-])c1)c1ccccc1N1CCOc2nc3[nH]ccc3cc21. The van der Waals surface area contributed by atoms with Gasteiger partial charge in [-0.2, -0.15) is 4.98 Å². The molecule has 1 spiro atoms. The van der Waals surface area contributed by atoms with E-state index < -0.39 is 37.4 Å². The van der Waals surface area contributed by atoms with Crippen molar-refractivity contribution < 1.29 is 31.7 Å². The monoisotopic (exact) mass is 681 g/mol. The minimum atomic E-state index is -4.52. The van der Waals surface area contributed by atoms with E-state index in [2.05, 4.69) is 24.9 Å². The van der Waals surface area contributed by atoms with Crippen molar-refractivity contribution in [2.45, 2.75) is 36.5 Å². The number of alkyl halides is 2. The van der Waals surface area contributed by atoms with Gasteiger partial charge in [-0.15, -0.1) is 0 Å². The van der Waals surface area contributed by atoms with Crippen LogP contribution < -0.4 is 19.7 Å². The number of ether oxygens (including phenoxy) is 1. The van der Waals surface area contributed by atoms with Crippen LogP contribution in [-0.2, 0) is 10.0 Å². The van der Waals surface area contributed by atoms with Gasteiger partial charge in [0.05, 0.1) is 27.6 Å². The summed E-state index contributed by atoms with van der Waals surface area (Å²) < 4.78 is 61.4. The smallest absolute Gasteiger partial charge is 0.293 e. The number of pyridine rings is 1. The quantitative estimate of drug-likeness (QED) is 0.161. The van der Waals surface area contributed by atoms with E-state index in [1.807, 2.05) is 17.0 Å². The molecule has 16 heteroatoms. The summed E-state index contributed by atoms with van der Waals surface area (Å²) in [6, 6.07) is 13.7. The number of para-hydroxylation sites is 1. The van der Waals surface area contributed by atoms with E-state index in [1.54, 1.807) is 24.4 Å². The molecule has 2 aromatic carbocycles. The number of halogens is 2. The third-order valence-electron chi connectivity index (χ3n) is 9.40. The number of anilines is 3. The lowest BCUT2D eigenvalue weighted by Gasteiger charge is -2.51. The fourth-order valence-corrected chi connectivity index (χ4v) is 7.96. The van der Waals surface area contributed by atoms with E-state index in [9.17, 15) is 32.1 Å². The maximum atomic E-state index is 13.5. The number of nitrogens with one attached hydrogen (secondary N) is 3. The van der Waals surface area contributed by atoms with Gasteiger partial charge in [0.25, 0.3) is 21.6 Å². The highest BCUT2D eigenvalue weighted by atomic mass is 32.2. The van der Waals surface area contributed by atoms with Crippen molar-refractivity contribution in [3.05, 3.63) is 76.5 Å². The normalized spacial score (nSPS) is 18.5. The van der Waals surface area contributed by atoms with E-state index in [4.69, 9.17) is 4.74 Å². The number of hydrogen-bond acceptors (Lipinski definition) is 10. The molecule has 1 amide bonds. The Hall–Kier alpha value is -4.83. The maximum absolute atomic E-state index is 13.5. The molecule has 1 aliphatic carbocycles. The molecule has 2 aromatic heterocycles.